The molecule has 0 fully saturated rings. The Hall–Kier alpha value is -2.73. The van der Waals surface area contributed by atoms with Crippen molar-refractivity contribution < 1.29 is 4.74 Å². The van der Waals surface area contributed by atoms with E-state index in [-0.39, 0.29) is 5.69 Å². The molecule has 0 aliphatic carbocycles. The molecule has 0 saturated heterocycles. The van der Waals surface area contributed by atoms with Crippen molar-refractivity contribution in [2.24, 2.45) is 7.05 Å². The van der Waals surface area contributed by atoms with Crippen LogP contribution in [0.5, 0.6) is 0 Å². The van der Waals surface area contributed by atoms with Gasteiger partial charge in [0.2, 0.25) is 0 Å². The van der Waals surface area contributed by atoms with Gasteiger partial charge in [-0.3, -0.25) is 0 Å². The largest absolute Gasteiger partial charge is 0.372 e. The second kappa shape index (κ2) is 6.80. The van der Waals surface area contributed by atoms with Crippen molar-refractivity contribution in [3.8, 4) is 5.69 Å². The van der Waals surface area contributed by atoms with Crippen LogP contribution in [0.4, 0.5) is 0 Å². The lowest BCUT2D eigenvalue weighted by atomic mass is 10.1. The molecule has 6 nitrogen and oxygen atoms in total. The summed E-state index contributed by atoms with van der Waals surface area (Å²) in [5.41, 5.74) is 4.75. The smallest absolute Gasteiger partial charge is 0.368 e. The van der Waals surface area contributed by atoms with Crippen molar-refractivity contribution in [3.63, 3.8) is 0 Å². The van der Waals surface area contributed by atoms with Gasteiger partial charge >= 0.3 is 5.69 Å². The normalized spacial score (nSPS) is 11.0. The zero-order valence-electron chi connectivity index (χ0n) is 14.1. The molecule has 0 unspecified atom stereocenters. The van der Waals surface area contributed by atoms with E-state index in [4.69, 9.17) is 4.74 Å². The van der Waals surface area contributed by atoms with Crippen LogP contribution in [0.2, 0.25) is 0 Å². The standard InChI is InChI=1S/C18H20N4O2/c1-13-6-4-8-15(10-13)11-24-12-16-14(2)7-5-9-17(16)22-18(23)21(3)19-20-22/h4-10H,11-12H2,1-3H3. The molecule has 0 radical (unpaired) electrons. The molecule has 124 valence electrons. The van der Waals surface area contributed by atoms with Gasteiger partial charge in [-0.1, -0.05) is 42.0 Å². The molecule has 3 rings (SSSR count). The van der Waals surface area contributed by atoms with Gasteiger partial charge in [0.15, 0.2) is 0 Å². The van der Waals surface area contributed by atoms with Crippen molar-refractivity contribution in [2.75, 3.05) is 0 Å². The van der Waals surface area contributed by atoms with Crippen LogP contribution >= 0.6 is 0 Å². The average molecular weight is 324 g/mol. The number of rotatable bonds is 5. The van der Waals surface area contributed by atoms with Crippen LogP contribution in [-0.2, 0) is 25.0 Å². The van der Waals surface area contributed by atoms with Gasteiger partial charge in [0.05, 0.1) is 18.9 Å². The molecule has 0 saturated carbocycles. The Morgan fingerprint density at radius 3 is 2.54 bits per heavy atom. The Morgan fingerprint density at radius 2 is 1.83 bits per heavy atom. The zero-order chi connectivity index (χ0) is 17.1. The quantitative estimate of drug-likeness (QED) is 0.722. The fraction of sp³-hybridized carbons (Fsp3) is 0.278. The summed E-state index contributed by atoms with van der Waals surface area (Å²) < 4.78 is 8.39. The van der Waals surface area contributed by atoms with Crippen molar-refractivity contribution in [3.05, 3.63) is 75.2 Å². The molecule has 0 amide bonds. The molecular formula is C18H20N4O2. The summed E-state index contributed by atoms with van der Waals surface area (Å²) in [6.07, 6.45) is 0. The van der Waals surface area contributed by atoms with Crippen molar-refractivity contribution in [1.82, 2.24) is 19.8 Å². The minimum absolute atomic E-state index is 0.277. The summed E-state index contributed by atoms with van der Waals surface area (Å²) in [4.78, 5) is 12.1. The third-order valence-corrected chi connectivity index (χ3v) is 3.93. The molecule has 1 aromatic heterocycles. The highest BCUT2D eigenvalue weighted by molar-refractivity contribution is 5.44. The number of nitrogens with zero attached hydrogens (tertiary/aromatic N) is 4. The number of aryl methyl sites for hydroxylation is 3. The van der Waals surface area contributed by atoms with Gasteiger partial charge in [-0.15, -0.1) is 0 Å². The molecule has 0 N–H and O–H groups in total. The first-order valence-corrected chi connectivity index (χ1v) is 7.77. The fourth-order valence-corrected chi connectivity index (χ4v) is 2.61. The SMILES string of the molecule is Cc1cccc(COCc2c(C)cccc2-n2nnn(C)c2=O)c1. The zero-order valence-corrected chi connectivity index (χ0v) is 14.1. The number of benzene rings is 2. The van der Waals surface area contributed by atoms with E-state index in [0.717, 1.165) is 16.7 Å². The first-order valence-electron chi connectivity index (χ1n) is 7.77. The molecule has 1 heterocycles. The highest BCUT2D eigenvalue weighted by Crippen LogP contribution is 2.18. The highest BCUT2D eigenvalue weighted by Gasteiger charge is 2.13. The van der Waals surface area contributed by atoms with E-state index in [2.05, 4.69) is 29.5 Å². The van der Waals surface area contributed by atoms with E-state index >= 15 is 0 Å². The summed E-state index contributed by atoms with van der Waals surface area (Å²) in [5.74, 6) is 0. The van der Waals surface area contributed by atoms with E-state index in [0.29, 0.717) is 18.9 Å². The minimum atomic E-state index is -0.277. The Balaban J connectivity index is 1.83. The van der Waals surface area contributed by atoms with Crippen LogP contribution in [0.3, 0.4) is 0 Å². The van der Waals surface area contributed by atoms with Gasteiger partial charge in [-0.25, -0.2) is 4.79 Å². The molecule has 2 aromatic carbocycles. The Morgan fingerprint density at radius 1 is 1.04 bits per heavy atom. The number of tetrazole rings is 1. The molecular weight excluding hydrogens is 304 g/mol. The first kappa shape index (κ1) is 16.1. The Labute approximate surface area is 140 Å². The van der Waals surface area contributed by atoms with Gasteiger partial charge in [0.1, 0.15) is 0 Å². The molecule has 24 heavy (non-hydrogen) atoms. The predicted molar refractivity (Wildman–Crippen MR) is 91.0 cm³/mol. The first-order chi connectivity index (χ1) is 11.6. The topological polar surface area (TPSA) is 61.9 Å². The van der Waals surface area contributed by atoms with Crippen LogP contribution < -0.4 is 5.69 Å². The molecule has 0 spiro atoms. The third kappa shape index (κ3) is 3.28. The molecule has 3 aromatic rings. The summed E-state index contributed by atoms with van der Waals surface area (Å²) in [5, 5.41) is 7.70. The monoisotopic (exact) mass is 324 g/mol. The predicted octanol–water partition coefficient (Wildman–Crippen LogP) is 2.30. The van der Waals surface area contributed by atoms with E-state index in [1.807, 2.05) is 37.3 Å². The average Bonchev–Trinajstić information content (AvgIpc) is 2.88. The lowest BCUT2D eigenvalue weighted by molar-refractivity contribution is 0.106. The number of hydrogen-bond donors (Lipinski definition) is 0. The van der Waals surface area contributed by atoms with Crippen molar-refractivity contribution in [1.29, 1.82) is 0 Å². The van der Waals surface area contributed by atoms with E-state index < -0.39 is 0 Å². The summed E-state index contributed by atoms with van der Waals surface area (Å²) in [6.45, 7) is 4.98. The second-order valence-electron chi connectivity index (χ2n) is 5.85. The second-order valence-corrected chi connectivity index (χ2v) is 5.85. The molecule has 0 bridgehead atoms. The van der Waals surface area contributed by atoms with Crippen LogP contribution in [0.1, 0.15) is 22.3 Å². The Kier molecular flexibility index (Phi) is 4.57. The lowest BCUT2D eigenvalue weighted by Gasteiger charge is -2.12. The van der Waals surface area contributed by atoms with Gasteiger partial charge in [0, 0.05) is 12.6 Å². The van der Waals surface area contributed by atoms with Gasteiger partial charge in [-0.05, 0) is 41.5 Å². The maximum Gasteiger partial charge on any atom is 0.368 e. The Bertz CT molecular complexity index is 911. The minimum Gasteiger partial charge on any atom is -0.372 e. The molecule has 6 heteroatoms. The van der Waals surface area contributed by atoms with Crippen LogP contribution in [-0.4, -0.2) is 19.8 Å². The van der Waals surface area contributed by atoms with Crippen LogP contribution in [0.25, 0.3) is 5.69 Å². The van der Waals surface area contributed by atoms with Crippen LogP contribution in [0, 0.1) is 13.8 Å². The van der Waals surface area contributed by atoms with E-state index in [1.54, 1.807) is 7.05 Å². The maximum absolute atomic E-state index is 12.1. The summed E-state index contributed by atoms with van der Waals surface area (Å²) >= 11 is 0. The lowest BCUT2D eigenvalue weighted by Crippen LogP contribution is -2.23. The molecule has 0 aliphatic rings. The van der Waals surface area contributed by atoms with E-state index in [9.17, 15) is 4.79 Å². The third-order valence-electron chi connectivity index (χ3n) is 3.93. The summed E-state index contributed by atoms with van der Waals surface area (Å²) in [6, 6.07) is 14.0. The van der Waals surface area contributed by atoms with Gasteiger partial charge in [-0.2, -0.15) is 9.36 Å². The summed E-state index contributed by atoms with van der Waals surface area (Å²) in [7, 11) is 1.58. The van der Waals surface area contributed by atoms with Crippen molar-refractivity contribution >= 4 is 0 Å². The number of hydrogen-bond acceptors (Lipinski definition) is 4. The fourth-order valence-electron chi connectivity index (χ4n) is 2.61. The van der Waals surface area contributed by atoms with E-state index in [1.165, 1.54) is 14.9 Å². The van der Waals surface area contributed by atoms with Gasteiger partial charge < -0.3 is 4.74 Å². The highest BCUT2D eigenvalue weighted by atomic mass is 16.5. The van der Waals surface area contributed by atoms with Crippen LogP contribution in [0.15, 0.2) is 47.3 Å². The van der Waals surface area contributed by atoms with Crippen molar-refractivity contribution in [2.45, 2.75) is 27.1 Å². The number of aromatic nitrogens is 4. The van der Waals surface area contributed by atoms with Gasteiger partial charge in [0.25, 0.3) is 0 Å². The molecule has 0 atom stereocenters. The number of ether oxygens (including phenoxy) is 1. The maximum atomic E-state index is 12.1. The molecule has 0 aliphatic heterocycles.